The molecular weight excluding hydrogens is 438 g/mol. The summed E-state index contributed by atoms with van der Waals surface area (Å²) >= 11 is 1.29. The molecular formula is C25H25N3O4S. The predicted octanol–water partition coefficient (Wildman–Crippen LogP) is 5.07. The molecule has 1 unspecified atom stereocenters. The maximum absolute atomic E-state index is 13.2. The van der Waals surface area contributed by atoms with Crippen molar-refractivity contribution in [1.82, 2.24) is 4.90 Å². The molecule has 1 aromatic heterocycles. The van der Waals surface area contributed by atoms with E-state index in [0.717, 1.165) is 22.6 Å². The highest BCUT2D eigenvalue weighted by Gasteiger charge is 2.39. The molecule has 1 aliphatic rings. The number of hydrogen-bond donors (Lipinski definition) is 1. The third-order valence-corrected chi connectivity index (χ3v) is 6.42. The molecule has 0 aliphatic carbocycles. The quantitative estimate of drug-likeness (QED) is 0.529. The van der Waals surface area contributed by atoms with Crippen LogP contribution in [0, 0.1) is 13.8 Å². The topological polar surface area (TPSA) is 84.1 Å². The number of rotatable bonds is 7. The maximum atomic E-state index is 13.2. The van der Waals surface area contributed by atoms with E-state index in [2.05, 4.69) is 10.3 Å². The lowest BCUT2D eigenvalue weighted by molar-refractivity contribution is -0.128. The van der Waals surface area contributed by atoms with Gasteiger partial charge in [-0.1, -0.05) is 23.9 Å². The summed E-state index contributed by atoms with van der Waals surface area (Å²) < 4.78 is 10.6. The zero-order valence-corrected chi connectivity index (χ0v) is 19.5. The fourth-order valence-electron chi connectivity index (χ4n) is 3.44. The van der Waals surface area contributed by atoms with Crippen LogP contribution < -0.4 is 10.1 Å². The summed E-state index contributed by atoms with van der Waals surface area (Å²) in [5, 5.41) is 2.91. The second-order valence-electron chi connectivity index (χ2n) is 7.77. The van der Waals surface area contributed by atoms with Crippen molar-refractivity contribution < 1.29 is 18.7 Å². The average Bonchev–Trinajstić information content (AvgIpc) is 3.41. The number of benzene rings is 2. The average molecular weight is 464 g/mol. The second kappa shape index (κ2) is 9.95. The number of hydrogen-bond acceptors (Lipinski definition) is 6. The summed E-state index contributed by atoms with van der Waals surface area (Å²) in [7, 11) is 1.60. The van der Waals surface area contributed by atoms with Crippen molar-refractivity contribution in [3.05, 3.63) is 77.7 Å². The van der Waals surface area contributed by atoms with Gasteiger partial charge in [0.2, 0.25) is 11.8 Å². The van der Waals surface area contributed by atoms with Crippen molar-refractivity contribution >= 4 is 40.1 Å². The number of carbonyl (C=O) groups excluding carboxylic acids is 2. The number of furan rings is 1. The van der Waals surface area contributed by atoms with E-state index < -0.39 is 5.25 Å². The molecule has 2 amide bonds. The largest absolute Gasteiger partial charge is 0.497 e. The third-order valence-electron chi connectivity index (χ3n) is 5.25. The number of carbonyl (C=O) groups is 2. The van der Waals surface area contributed by atoms with Gasteiger partial charge >= 0.3 is 0 Å². The number of amides is 2. The Hall–Kier alpha value is -3.52. The number of nitrogens with zero attached hydrogens (tertiary/aromatic N) is 2. The Labute approximate surface area is 196 Å². The minimum atomic E-state index is -0.568. The molecule has 1 fully saturated rings. The number of thioether (sulfide) groups is 1. The molecule has 2 aromatic carbocycles. The van der Waals surface area contributed by atoms with E-state index in [-0.39, 0.29) is 24.8 Å². The molecule has 2 heterocycles. The monoisotopic (exact) mass is 463 g/mol. The van der Waals surface area contributed by atoms with Crippen LogP contribution in [0.2, 0.25) is 0 Å². The van der Waals surface area contributed by atoms with Crippen molar-refractivity contribution in [3.8, 4) is 5.75 Å². The molecule has 8 heteroatoms. The SMILES string of the molecule is COc1ccc(N=C2SC(CC(=O)Nc3cc(C)ccc3C)C(=O)N2Cc2ccco2)cc1. The fourth-order valence-corrected chi connectivity index (χ4v) is 4.59. The lowest BCUT2D eigenvalue weighted by atomic mass is 10.1. The van der Waals surface area contributed by atoms with Gasteiger partial charge in [0, 0.05) is 12.1 Å². The van der Waals surface area contributed by atoms with Crippen molar-refractivity contribution in [2.24, 2.45) is 4.99 Å². The Bertz CT molecular complexity index is 1170. The van der Waals surface area contributed by atoms with E-state index in [1.54, 1.807) is 24.3 Å². The van der Waals surface area contributed by atoms with Crippen LogP contribution in [0.5, 0.6) is 5.75 Å². The summed E-state index contributed by atoms with van der Waals surface area (Å²) in [6.45, 7) is 4.16. The molecule has 1 saturated heterocycles. The molecule has 1 N–H and O–H groups in total. The first-order chi connectivity index (χ1) is 15.9. The number of methoxy groups -OCH3 is 1. The van der Waals surface area contributed by atoms with Crippen LogP contribution >= 0.6 is 11.8 Å². The van der Waals surface area contributed by atoms with E-state index in [1.165, 1.54) is 11.8 Å². The number of aliphatic imine (C=N–C) groups is 1. The molecule has 0 bridgehead atoms. The van der Waals surface area contributed by atoms with Crippen LogP contribution in [0.4, 0.5) is 11.4 Å². The van der Waals surface area contributed by atoms with Gasteiger partial charge in [-0.05, 0) is 67.4 Å². The van der Waals surface area contributed by atoms with E-state index >= 15 is 0 Å². The van der Waals surface area contributed by atoms with Gasteiger partial charge in [0.25, 0.3) is 0 Å². The lowest BCUT2D eigenvalue weighted by Gasteiger charge is -2.15. The number of amidine groups is 1. The summed E-state index contributed by atoms with van der Waals surface area (Å²) in [6, 6.07) is 16.7. The minimum Gasteiger partial charge on any atom is -0.497 e. The molecule has 33 heavy (non-hydrogen) atoms. The van der Waals surface area contributed by atoms with Crippen LogP contribution in [0.3, 0.4) is 0 Å². The second-order valence-corrected chi connectivity index (χ2v) is 8.94. The number of ether oxygens (including phenoxy) is 1. The molecule has 1 aliphatic heterocycles. The van der Waals surface area contributed by atoms with Crippen LogP contribution in [0.15, 0.2) is 70.3 Å². The highest BCUT2D eigenvalue weighted by atomic mass is 32.2. The van der Waals surface area contributed by atoms with Gasteiger partial charge in [0.1, 0.15) is 16.8 Å². The van der Waals surface area contributed by atoms with Crippen LogP contribution in [-0.4, -0.2) is 34.2 Å². The number of aryl methyl sites for hydroxylation is 2. The van der Waals surface area contributed by atoms with Crippen molar-refractivity contribution in [3.63, 3.8) is 0 Å². The molecule has 170 valence electrons. The van der Waals surface area contributed by atoms with E-state index in [9.17, 15) is 9.59 Å². The van der Waals surface area contributed by atoms with Gasteiger partial charge in [-0.25, -0.2) is 4.99 Å². The van der Waals surface area contributed by atoms with E-state index in [1.807, 2.05) is 62.4 Å². The first-order valence-corrected chi connectivity index (χ1v) is 11.4. The molecule has 3 aromatic rings. The van der Waals surface area contributed by atoms with Gasteiger partial charge in [0.15, 0.2) is 5.17 Å². The molecule has 0 spiro atoms. The summed E-state index contributed by atoms with van der Waals surface area (Å²) in [4.78, 5) is 32.2. The van der Waals surface area contributed by atoms with Crippen molar-refractivity contribution in [2.45, 2.75) is 32.1 Å². The Morgan fingerprint density at radius 2 is 1.97 bits per heavy atom. The molecule has 1 atom stereocenters. The summed E-state index contributed by atoms with van der Waals surface area (Å²) in [6.07, 6.45) is 1.62. The van der Waals surface area contributed by atoms with Crippen LogP contribution in [0.25, 0.3) is 0 Å². The Morgan fingerprint density at radius 1 is 1.18 bits per heavy atom. The fraction of sp³-hybridized carbons (Fsp3) is 0.240. The molecule has 0 radical (unpaired) electrons. The van der Waals surface area contributed by atoms with Crippen molar-refractivity contribution in [2.75, 3.05) is 12.4 Å². The first kappa shape index (κ1) is 22.7. The smallest absolute Gasteiger partial charge is 0.243 e. The van der Waals surface area contributed by atoms with Gasteiger partial charge in [-0.3, -0.25) is 14.5 Å². The van der Waals surface area contributed by atoms with E-state index in [0.29, 0.717) is 16.6 Å². The highest BCUT2D eigenvalue weighted by molar-refractivity contribution is 8.15. The van der Waals surface area contributed by atoms with Crippen LogP contribution in [-0.2, 0) is 16.1 Å². The van der Waals surface area contributed by atoms with Crippen LogP contribution in [0.1, 0.15) is 23.3 Å². The van der Waals surface area contributed by atoms with E-state index in [4.69, 9.17) is 9.15 Å². The lowest BCUT2D eigenvalue weighted by Crippen LogP contribution is -2.33. The standard InChI is InChI=1S/C25H25N3O4S/c1-16-6-7-17(2)21(13-16)27-23(29)14-22-24(30)28(15-20-5-4-12-32-20)25(33-22)26-18-8-10-19(31-3)11-9-18/h4-13,22H,14-15H2,1-3H3,(H,27,29). The number of nitrogens with one attached hydrogen (secondary N) is 1. The predicted molar refractivity (Wildman–Crippen MR) is 130 cm³/mol. The highest BCUT2D eigenvalue weighted by Crippen LogP contribution is 2.33. The van der Waals surface area contributed by atoms with Gasteiger partial charge < -0.3 is 14.5 Å². The summed E-state index contributed by atoms with van der Waals surface area (Å²) in [5.74, 6) is 0.993. The van der Waals surface area contributed by atoms with Gasteiger partial charge in [0.05, 0.1) is 25.6 Å². The third kappa shape index (κ3) is 5.46. The zero-order valence-electron chi connectivity index (χ0n) is 18.7. The summed E-state index contributed by atoms with van der Waals surface area (Å²) in [5.41, 5.74) is 3.48. The first-order valence-electron chi connectivity index (χ1n) is 10.5. The van der Waals surface area contributed by atoms with Gasteiger partial charge in [-0.2, -0.15) is 0 Å². The Morgan fingerprint density at radius 3 is 2.67 bits per heavy atom. The molecule has 0 saturated carbocycles. The minimum absolute atomic E-state index is 0.0488. The normalized spacial score (nSPS) is 16.9. The molecule has 7 nitrogen and oxygen atoms in total. The van der Waals surface area contributed by atoms with Gasteiger partial charge in [-0.15, -0.1) is 0 Å². The Kier molecular flexibility index (Phi) is 6.84. The molecule has 4 rings (SSSR count). The Balaban J connectivity index is 1.53. The maximum Gasteiger partial charge on any atom is 0.243 e. The number of anilines is 1. The zero-order chi connectivity index (χ0) is 23.4. The van der Waals surface area contributed by atoms with Crippen molar-refractivity contribution in [1.29, 1.82) is 0 Å².